The van der Waals surface area contributed by atoms with Gasteiger partial charge in [-0.3, -0.25) is 4.98 Å². The molecule has 3 N–H and O–H groups in total. The number of nitrogens with zero attached hydrogens (tertiary/aromatic N) is 1. The molecule has 94 valence electrons. The highest BCUT2D eigenvalue weighted by atomic mass is 19.1. The molecule has 0 amide bonds. The number of aliphatic hydroxyl groups is 1. The Morgan fingerprint density at radius 1 is 1.22 bits per heavy atom. The van der Waals surface area contributed by atoms with Crippen LogP contribution in [-0.2, 0) is 0 Å². The topological polar surface area (TPSA) is 59.1 Å². The normalized spacial score (nSPS) is 14.2. The lowest BCUT2D eigenvalue weighted by Gasteiger charge is -2.22. The molecule has 0 aliphatic rings. The third-order valence-corrected chi connectivity index (χ3v) is 2.94. The van der Waals surface area contributed by atoms with Crippen molar-refractivity contribution in [3.8, 4) is 0 Å². The van der Waals surface area contributed by atoms with E-state index in [9.17, 15) is 9.50 Å². The molecule has 0 fully saturated rings. The fourth-order valence-electron chi connectivity index (χ4n) is 1.97. The van der Waals surface area contributed by atoms with Crippen LogP contribution in [0.5, 0.6) is 0 Å². The average molecular weight is 246 g/mol. The standard InChI is InChI=1S/C14H15FN2O/c15-12-5-1-3-10(7-12)13(8-16)14(18)11-4-2-6-17-9-11/h1-7,9,13-14,18H,8,16H2. The maximum absolute atomic E-state index is 13.2. The van der Waals surface area contributed by atoms with Crippen LogP contribution < -0.4 is 5.73 Å². The van der Waals surface area contributed by atoms with Crippen LogP contribution in [0.3, 0.4) is 0 Å². The number of hydrogen-bond acceptors (Lipinski definition) is 3. The quantitative estimate of drug-likeness (QED) is 0.867. The minimum atomic E-state index is -0.787. The summed E-state index contributed by atoms with van der Waals surface area (Å²) in [6.07, 6.45) is 2.44. The van der Waals surface area contributed by atoms with Gasteiger partial charge < -0.3 is 10.8 Å². The van der Waals surface area contributed by atoms with Crippen LogP contribution in [-0.4, -0.2) is 16.6 Å². The number of rotatable bonds is 4. The highest BCUT2D eigenvalue weighted by Gasteiger charge is 2.21. The van der Waals surface area contributed by atoms with Gasteiger partial charge in [0, 0.05) is 24.9 Å². The van der Waals surface area contributed by atoms with E-state index in [1.807, 2.05) is 0 Å². The van der Waals surface area contributed by atoms with Crippen LogP contribution in [0.2, 0.25) is 0 Å². The van der Waals surface area contributed by atoms with E-state index in [4.69, 9.17) is 5.73 Å². The summed E-state index contributed by atoms with van der Waals surface area (Å²) in [5.74, 6) is -0.672. The molecule has 2 atom stereocenters. The van der Waals surface area contributed by atoms with Crippen LogP contribution in [0.1, 0.15) is 23.1 Å². The van der Waals surface area contributed by atoms with Crippen LogP contribution in [0.15, 0.2) is 48.8 Å². The van der Waals surface area contributed by atoms with E-state index in [1.54, 1.807) is 36.7 Å². The first-order valence-electron chi connectivity index (χ1n) is 5.76. The maximum atomic E-state index is 13.2. The zero-order valence-electron chi connectivity index (χ0n) is 9.83. The minimum Gasteiger partial charge on any atom is -0.388 e. The fourth-order valence-corrected chi connectivity index (χ4v) is 1.97. The molecule has 3 nitrogen and oxygen atoms in total. The molecule has 1 heterocycles. The zero-order chi connectivity index (χ0) is 13.0. The first kappa shape index (κ1) is 12.7. The largest absolute Gasteiger partial charge is 0.388 e. The van der Waals surface area contributed by atoms with Crippen LogP contribution in [0.4, 0.5) is 4.39 Å². The predicted octanol–water partition coefficient (Wildman–Crippen LogP) is 2.00. The monoisotopic (exact) mass is 246 g/mol. The van der Waals surface area contributed by atoms with Gasteiger partial charge in [0.2, 0.25) is 0 Å². The lowest BCUT2D eigenvalue weighted by Crippen LogP contribution is -2.20. The lowest BCUT2D eigenvalue weighted by atomic mass is 9.90. The van der Waals surface area contributed by atoms with E-state index in [0.717, 1.165) is 0 Å². The number of benzene rings is 1. The smallest absolute Gasteiger partial charge is 0.123 e. The molecule has 2 aromatic rings. The van der Waals surface area contributed by atoms with Gasteiger partial charge in [-0.05, 0) is 29.3 Å². The molecular weight excluding hydrogens is 231 g/mol. The third-order valence-electron chi connectivity index (χ3n) is 2.94. The van der Waals surface area contributed by atoms with Gasteiger partial charge in [-0.2, -0.15) is 0 Å². The van der Waals surface area contributed by atoms with Gasteiger partial charge in [0.1, 0.15) is 5.82 Å². The summed E-state index contributed by atoms with van der Waals surface area (Å²) in [4.78, 5) is 3.96. The van der Waals surface area contributed by atoms with Crippen molar-refractivity contribution < 1.29 is 9.50 Å². The Labute approximate surface area is 105 Å². The van der Waals surface area contributed by atoms with Gasteiger partial charge in [-0.1, -0.05) is 18.2 Å². The summed E-state index contributed by atoms with van der Waals surface area (Å²) in [6.45, 7) is 0.236. The molecule has 4 heteroatoms. The molecule has 0 spiro atoms. The van der Waals surface area contributed by atoms with E-state index in [0.29, 0.717) is 11.1 Å². The summed E-state index contributed by atoms with van der Waals surface area (Å²) in [7, 11) is 0. The molecule has 0 aliphatic carbocycles. The van der Waals surface area contributed by atoms with Crippen molar-refractivity contribution >= 4 is 0 Å². The molecule has 0 radical (unpaired) electrons. The minimum absolute atomic E-state index is 0.236. The number of aliphatic hydroxyl groups excluding tert-OH is 1. The van der Waals surface area contributed by atoms with Crippen LogP contribution >= 0.6 is 0 Å². The number of halogens is 1. The molecule has 1 aromatic carbocycles. The molecule has 2 rings (SSSR count). The summed E-state index contributed by atoms with van der Waals surface area (Å²) in [5.41, 5.74) is 7.06. The van der Waals surface area contributed by atoms with E-state index < -0.39 is 6.10 Å². The Bertz CT molecular complexity index is 504. The van der Waals surface area contributed by atoms with E-state index in [-0.39, 0.29) is 18.3 Å². The third kappa shape index (κ3) is 2.72. The van der Waals surface area contributed by atoms with E-state index >= 15 is 0 Å². The number of nitrogens with two attached hydrogens (primary N) is 1. The van der Waals surface area contributed by atoms with Gasteiger partial charge in [0.25, 0.3) is 0 Å². The summed E-state index contributed by atoms with van der Waals surface area (Å²) in [5, 5.41) is 10.3. The van der Waals surface area contributed by atoms with Gasteiger partial charge >= 0.3 is 0 Å². The first-order valence-corrected chi connectivity index (χ1v) is 5.76. The van der Waals surface area contributed by atoms with Crippen molar-refractivity contribution in [2.24, 2.45) is 5.73 Å². The molecule has 0 bridgehead atoms. The Balaban J connectivity index is 2.29. The summed E-state index contributed by atoms with van der Waals surface area (Å²) >= 11 is 0. The van der Waals surface area contributed by atoms with Gasteiger partial charge in [0.05, 0.1) is 6.10 Å². The summed E-state index contributed by atoms with van der Waals surface area (Å²) < 4.78 is 13.2. The van der Waals surface area contributed by atoms with Gasteiger partial charge in [-0.25, -0.2) is 4.39 Å². The number of hydrogen-bond donors (Lipinski definition) is 2. The van der Waals surface area contributed by atoms with Crippen LogP contribution in [0.25, 0.3) is 0 Å². The van der Waals surface area contributed by atoms with Crippen molar-refractivity contribution in [3.05, 3.63) is 65.7 Å². The Morgan fingerprint density at radius 2 is 2.00 bits per heavy atom. The van der Waals surface area contributed by atoms with Crippen molar-refractivity contribution in [2.45, 2.75) is 12.0 Å². The van der Waals surface area contributed by atoms with Crippen molar-refractivity contribution in [1.29, 1.82) is 0 Å². The predicted molar refractivity (Wildman–Crippen MR) is 67.4 cm³/mol. The SMILES string of the molecule is NCC(c1cccc(F)c1)C(O)c1cccnc1. The Morgan fingerprint density at radius 3 is 2.61 bits per heavy atom. The van der Waals surface area contributed by atoms with Gasteiger partial charge in [-0.15, -0.1) is 0 Å². The molecular formula is C14H15FN2O. The molecule has 18 heavy (non-hydrogen) atoms. The van der Waals surface area contributed by atoms with Gasteiger partial charge in [0.15, 0.2) is 0 Å². The zero-order valence-corrected chi connectivity index (χ0v) is 9.83. The highest BCUT2D eigenvalue weighted by molar-refractivity contribution is 5.26. The Hall–Kier alpha value is -1.78. The fraction of sp³-hybridized carbons (Fsp3) is 0.214. The van der Waals surface area contributed by atoms with E-state index in [2.05, 4.69) is 4.98 Å². The van der Waals surface area contributed by atoms with Crippen molar-refractivity contribution in [1.82, 2.24) is 4.98 Å². The summed E-state index contributed by atoms with van der Waals surface area (Å²) in [6, 6.07) is 9.67. The second-order valence-corrected chi connectivity index (χ2v) is 4.13. The van der Waals surface area contributed by atoms with Crippen molar-refractivity contribution in [3.63, 3.8) is 0 Å². The van der Waals surface area contributed by atoms with E-state index in [1.165, 1.54) is 12.1 Å². The second-order valence-electron chi connectivity index (χ2n) is 4.13. The molecule has 2 unspecified atom stereocenters. The molecule has 0 saturated carbocycles. The molecule has 0 aliphatic heterocycles. The number of pyridine rings is 1. The van der Waals surface area contributed by atoms with Crippen molar-refractivity contribution in [2.75, 3.05) is 6.54 Å². The lowest BCUT2D eigenvalue weighted by molar-refractivity contribution is 0.147. The van der Waals surface area contributed by atoms with Crippen LogP contribution in [0, 0.1) is 5.82 Å². The Kier molecular flexibility index (Phi) is 4.02. The highest BCUT2D eigenvalue weighted by Crippen LogP contribution is 2.29. The molecule has 1 aromatic heterocycles. The first-order chi connectivity index (χ1) is 8.72. The average Bonchev–Trinajstić information content (AvgIpc) is 2.40. The molecule has 0 saturated heterocycles. The maximum Gasteiger partial charge on any atom is 0.123 e. The number of aromatic nitrogens is 1. The second kappa shape index (κ2) is 5.71.